The minimum Gasteiger partial charge on any atom is -0.494 e. The van der Waals surface area contributed by atoms with Gasteiger partial charge in [-0.1, -0.05) is 51.9 Å². The molecule has 194 valence electrons. The highest BCUT2D eigenvalue weighted by molar-refractivity contribution is 7.80. The highest BCUT2D eigenvalue weighted by atomic mass is 32.1. The van der Waals surface area contributed by atoms with Crippen LogP contribution in [0.2, 0.25) is 0 Å². The molecule has 8 nitrogen and oxygen atoms in total. The van der Waals surface area contributed by atoms with Crippen LogP contribution in [0.4, 0.5) is 0 Å². The summed E-state index contributed by atoms with van der Waals surface area (Å²) in [7, 11) is 0. The van der Waals surface area contributed by atoms with E-state index in [1.54, 1.807) is 29.2 Å². The summed E-state index contributed by atoms with van der Waals surface area (Å²) in [4.78, 5) is 39.1. The molecule has 0 aliphatic carbocycles. The van der Waals surface area contributed by atoms with Crippen LogP contribution in [0.15, 0.2) is 24.3 Å². The summed E-state index contributed by atoms with van der Waals surface area (Å²) in [6.07, 6.45) is 9.15. The monoisotopic (exact) mass is 505 g/mol. The third-order valence-corrected chi connectivity index (χ3v) is 6.20. The van der Waals surface area contributed by atoms with Gasteiger partial charge < -0.3 is 19.7 Å². The Labute approximate surface area is 214 Å². The zero-order valence-electron chi connectivity index (χ0n) is 21.0. The average Bonchev–Trinajstić information content (AvgIpc) is 2.84. The van der Waals surface area contributed by atoms with Gasteiger partial charge in [0.05, 0.1) is 19.6 Å². The lowest BCUT2D eigenvalue weighted by Gasteiger charge is -2.36. The number of ether oxygens (including phenoxy) is 2. The van der Waals surface area contributed by atoms with E-state index in [1.807, 2.05) is 6.92 Å². The number of nitrogens with one attached hydrogen (secondary N) is 2. The Morgan fingerprint density at radius 3 is 2.37 bits per heavy atom. The normalized spacial score (nSPS) is 15.3. The van der Waals surface area contributed by atoms with Gasteiger partial charge in [0.15, 0.2) is 5.11 Å². The first-order valence-corrected chi connectivity index (χ1v) is 13.1. The van der Waals surface area contributed by atoms with Crippen LogP contribution in [0.1, 0.15) is 82.0 Å². The maximum atomic E-state index is 12.6. The van der Waals surface area contributed by atoms with Crippen molar-refractivity contribution in [1.29, 1.82) is 0 Å². The summed E-state index contributed by atoms with van der Waals surface area (Å²) in [6, 6.07) is 5.89. The van der Waals surface area contributed by atoms with Crippen molar-refractivity contribution in [2.24, 2.45) is 0 Å². The van der Waals surface area contributed by atoms with Gasteiger partial charge in [-0.15, -0.1) is 0 Å². The highest BCUT2D eigenvalue weighted by Gasteiger charge is 2.34. The molecular weight excluding hydrogens is 466 g/mol. The lowest BCUT2D eigenvalue weighted by atomic mass is 10.1. The Morgan fingerprint density at radius 2 is 1.71 bits per heavy atom. The number of hydrogen-bond donors (Lipinski definition) is 2. The van der Waals surface area contributed by atoms with Crippen LogP contribution in [0.3, 0.4) is 0 Å². The number of carbonyl (C=O) groups is 3. The third kappa shape index (κ3) is 10.2. The molecule has 1 saturated heterocycles. The summed E-state index contributed by atoms with van der Waals surface area (Å²) < 4.78 is 10.8. The average molecular weight is 506 g/mol. The zero-order valence-corrected chi connectivity index (χ0v) is 21.8. The Hall–Kier alpha value is -2.68. The summed E-state index contributed by atoms with van der Waals surface area (Å²) >= 11 is 5.41. The van der Waals surface area contributed by atoms with E-state index >= 15 is 0 Å². The van der Waals surface area contributed by atoms with Crippen LogP contribution in [0, 0.1) is 0 Å². The van der Waals surface area contributed by atoms with E-state index in [4.69, 9.17) is 21.7 Å². The Kier molecular flexibility index (Phi) is 13.1. The summed E-state index contributed by atoms with van der Waals surface area (Å²) in [5.74, 6) is -0.469. The third-order valence-electron chi connectivity index (χ3n) is 5.86. The van der Waals surface area contributed by atoms with Crippen molar-refractivity contribution in [2.75, 3.05) is 26.3 Å². The van der Waals surface area contributed by atoms with Crippen LogP contribution in [-0.2, 0) is 14.3 Å². The number of thiocarbonyl (C=S) groups is 1. The summed E-state index contributed by atoms with van der Waals surface area (Å²) in [5, 5.41) is 5.54. The zero-order chi connectivity index (χ0) is 25.5. The van der Waals surface area contributed by atoms with Crippen LogP contribution in [-0.4, -0.2) is 60.1 Å². The van der Waals surface area contributed by atoms with Crippen molar-refractivity contribution in [3.05, 3.63) is 29.8 Å². The molecule has 0 bridgehead atoms. The largest absolute Gasteiger partial charge is 0.494 e. The van der Waals surface area contributed by atoms with Crippen LogP contribution < -0.4 is 15.4 Å². The Balaban J connectivity index is 1.79. The number of rotatable bonds is 14. The van der Waals surface area contributed by atoms with Crippen LogP contribution >= 0.6 is 12.2 Å². The maximum absolute atomic E-state index is 12.6. The number of amides is 2. The maximum Gasteiger partial charge on any atom is 0.308 e. The second kappa shape index (κ2) is 16.1. The van der Waals surface area contributed by atoms with Gasteiger partial charge in [0.1, 0.15) is 11.8 Å². The van der Waals surface area contributed by atoms with Gasteiger partial charge in [0.2, 0.25) is 5.91 Å². The molecule has 0 aromatic heterocycles. The summed E-state index contributed by atoms with van der Waals surface area (Å²) in [6.45, 7) is 5.75. The second-order valence-electron chi connectivity index (χ2n) is 8.62. The van der Waals surface area contributed by atoms with Crippen LogP contribution in [0.5, 0.6) is 5.75 Å². The van der Waals surface area contributed by atoms with Gasteiger partial charge in [-0.2, -0.15) is 0 Å². The van der Waals surface area contributed by atoms with E-state index < -0.39 is 12.0 Å². The molecule has 0 radical (unpaired) electrons. The van der Waals surface area contributed by atoms with Gasteiger partial charge in [-0.3, -0.25) is 19.7 Å². The Morgan fingerprint density at radius 1 is 1.06 bits per heavy atom. The molecule has 0 spiro atoms. The molecule has 35 heavy (non-hydrogen) atoms. The molecule has 1 aliphatic heterocycles. The molecule has 9 heteroatoms. The molecule has 1 heterocycles. The predicted octanol–water partition coefficient (Wildman–Crippen LogP) is 3.97. The van der Waals surface area contributed by atoms with Crippen molar-refractivity contribution >= 4 is 35.1 Å². The van der Waals surface area contributed by atoms with E-state index in [1.165, 1.54) is 32.1 Å². The fourth-order valence-corrected chi connectivity index (χ4v) is 4.22. The molecule has 1 aliphatic rings. The number of carbonyl (C=O) groups excluding carboxylic acids is 3. The number of unbranched alkanes of at least 4 members (excludes halogenated alkanes) is 7. The molecular formula is C26H39N3O5S. The fourth-order valence-electron chi connectivity index (χ4n) is 3.91. The fraction of sp³-hybridized carbons (Fsp3) is 0.615. The van der Waals surface area contributed by atoms with Gasteiger partial charge in [-0.25, -0.2) is 0 Å². The molecule has 1 aromatic carbocycles. The SMILES string of the molecule is CCCCCCCCCCOC(=O)CC1C(=O)NCCN1C(=S)NC(=O)c1ccc(OCC)cc1. The first kappa shape index (κ1) is 28.6. The summed E-state index contributed by atoms with van der Waals surface area (Å²) in [5.41, 5.74) is 0.415. The van der Waals surface area contributed by atoms with E-state index in [2.05, 4.69) is 17.6 Å². The van der Waals surface area contributed by atoms with E-state index in [0.717, 1.165) is 19.3 Å². The number of esters is 1. The highest BCUT2D eigenvalue weighted by Crippen LogP contribution is 2.14. The standard InChI is InChI=1S/C26H39N3O5S/c1-3-5-6-7-8-9-10-11-18-34-23(30)19-22-25(32)27-16-17-29(22)26(35)28-24(31)20-12-14-21(15-13-20)33-4-2/h12-15,22H,3-11,16-19H2,1-2H3,(H,27,32)(H,28,31,35). The minimum absolute atomic E-state index is 0.111. The molecule has 1 aromatic rings. The van der Waals surface area contributed by atoms with Gasteiger partial charge in [0, 0.05) is 18.7 Å². The predicted molar refractivity (Wildman–Crippen MR) is 139 cm³/mol. The molecule has 2 amide bonds. The Bertz CT molecular complexity index is 831. The van der Waals surface area contributed by atoms with Gasteiger partial charge >= 0.3 is 5.97 Å². The van der Waals surface area contributed by atoms with Gasteiger partial charge in [-0.05, 0) is 49.8 Å². The van der Waals surface area contributed by atoms with Gasteiger partial charge in [0.25, 0.3) is 5.91 Å². The minimum atomic E-state index is -0.817. The lowest BCUT2D eigenvalue weighted by molar-refractivity contribution is -0.147. The first-order chi connectivity index (χ1) is 17.0. The van der Waals surface area contributed by atoms with Crippen molar-refractivity contribution in [2.45, 2.75) is 77.7 Å². The van der Waals surface area contributed by atoms with Crippen molar-refractivity contribution in [1.82, 2.24) is 15.5 Å². The number of nitrogens with zero attached hydrogens (tertiary/aromatic N) is 1. The number of benzene rings is 1. The molecule has 2 rings (SSSR count). The van der Waals surface area contributed by atoms with Crippen LogP contribution in [0.25, 0.3) is 0 Å². The van der Waals surface area contributed by atoms with E-state index in [-0.39, 0.29) is 23.3 Å². The van der Waals surface area contributed by atoms with E-state index in [9.17, 15) is 14.4 Å². The van der Waals surface area contributed by atoms with Crippen molar-refractivity contribution in [3.63, 3.8) is 0 Å². The molecule has 1 fully saturated rings. The molecule has 1 atom stereocenters. The molecule has 1 unspecified atom stereocenters. The second-order valence-corrected chi connectivity index (χ2v) is 9.00. The first-order valence-electron chi connectivity index (χ1n) is 12.7. The van der Waals surface area contributed by atoms with E-state index in [0.29, 0.717) is 37.6 Å². The van der Waals surface area contributed by atoms with Crippen molar-refractivity contribution < 1.29 is 23.9 Å². The smallest absolute Gasteiger partial charge is 0.308 e. The van der Waals surface area contributed by atoms with Crippen molar-refractivity contribution in [3.8, 4) is 5.75 Å². The molecule has 2 N–H and O–H groups in total. The quantitative estimate of drug-likeness (QED) is 0.224. The topological polar surface area (TPSA) is 97.0 Å². The molecule has 0 saturated carbocycles. The number of hydrogen-bond acceptors (Lipinski definition) is 6. The number of piperazine rings is 1. The lowest BCUT2D eigenvalue weighted by Crippen LogP contribution is -2.60.